The van der Waals surface area contributed by atoms with Crippen LogP contribution in [0.3, 0.4) is 0 Å². The fourth-order valence-electron chi connectivity index (χ4n) is 3.66. The summed E-state index contributed by atoms with van der Waals surface area (Å²) >= 11 is 0. The van der Waals surface area contributed by atoms with Gasteiger partial charge < -0.3 is 14.6 Å². The molecule has 1 aliphatic heterocycles. The molecule has 1 aromatic carbocycles. The second-order valence-corrected chi connectivity index (χ2v) is 6.33. The Morgan fingerprint density at radius 3 is 2.75 bits per heavy atom. The van der Waals surface area contributed by atoms with Crippen molar-refractivity contribution in [1.82, 2.24) is 4.90 Å². The number of carboxylic acids is 1. The Bertz CT molecular complexity index is 546. The molecular formula is C19H29NO4. The van der Waals surface area contributed by atoms with Gasteiger partial charge in [0.2, 0.25) is 0 Å². The Morgan fingerprint density at radius 1 is 1.33 bits per heavy atom. The predicted octanol–water partition coefficient (Wildman–Crippen LogP) is 3.87. The number of aliphatic carboxylic acids is 1. The van der Waals surface area contributed by atoms with Crippen LogP contribution in [0.1, 0.15) is 57.1 Å². The van der Waals surface area contributed by atoms with Crippen LogP contribution in [0.4, 0.5) is 0 Å². The van der Waals surface area contributed by atoms with Crippen LogP contribution in [-0.4, -0.2) is 42.8 Å². The highest BCUT2D eigenvalue weighted by Crippen LogP contribution is 2.41. The molecule has 0 amide bonds. The normalized spacial score (nSPS) is 19.7. The molecule has 134 valence electrons. The molecule has 0 aromatic heterocycles. The van der Waals surface area contributed by atoms with Gasteiger partial charge in [-0.05, 0) is 31.9 Å². The smallest absolute Gasteiger partial charge is 0.320 e. The average Bonchev–Trinajstić information content (AvgIpc) is 2.61. The second kappa shape index (κ2) is 8.92. The van der Waals surface area contributed by atoms with E-state index >= 15 is 0 Å². The molecule has 1 aromatic rings. The van der Waals surface area contributed by atoms with Crippen LogP contribution in [0.5, 0.6) is 11.5 Å². The Labute approximate surface area is 144 Å². The zero-order valence-corrected chi connectivity index (χ0v) is 15.0. The number of carbonyl (C=O) groups is 1. The molecule has 1 heterocycles. The molecule has 5 heteroatoms. The Hall–Kier alpha value is -1.75. The van der Waals surface area contributed by atoms with Gasteiger partial charge in [-0.2, -0.15) is 0 Å². The summed E-state index contributed by atoms with van der Waals surface area (Å²) in [5, 5.41) is 9.66. The summed E-state index contributed by atoms with van der Waals surface area (Å²) in [6.07, 6.45) is 5.78. The molecule has 5 nitrogen and oxygen atoms in total. The third-order valence-corrected chi connectivity index (χ3v) is 4.85. The zero-order chi connectivity index (χ0) is 17.5. The monoisotopic (exact) mass is 335 g/mol. The van der Waals surface area contributed by atoms with Gasteiger partial charge in [0.25, 0.3) is 0 Å². The highest BCUT2D eigenvalue weighted by atomic mass is 16.5. The summed E-state index contributed by atoms with van der Waals surface area (Å²) in [5.74, 6) is 0.689. The Kier molecular flexibility index (Phi) is 6.91. The van der Waals surface area contributed by atoms with Gasteiger partial charge in [-0.15, -0.1) is 0 Å². The van der Waals surface area contributed by atoms with Crippen molar-refractivity contribution in [3.05, 3.63) is 23.8 Å². The van der Waals surface area contributed by atoms with E-state index in [4.69, 9.17) is 9.47 Å². The first-order valence-electron chi connectivity index (χ1n) is 8.83. The maximum atomic E-state index is 11.8. The third-order valence-electron chi connectivity index (χ3n) is 4.85. The van der Waals surface area contributed by atoms with Crippen LogP contribution in [0.25, 0.3) is 0 Å². The molecule has 1 aliphatic rings. The number of unbranched alkanes of at least 4 members (excludes halogenated alkanes) is 1. The van der Waals surface area contributed by atoms with E-state index in [-0.39, 0.29) is 6.04 Å². The summed E-state index contributed by atoms with van der Waals surface area (Å²) < 4.78 is 11.0. The highest BCUT2D eigenvalue weighted by Gasteiger charge is 2.35. The number of benzene rings is 1. The molecule has 1 N–H and O–H groups in total. The standard InChI is InChI=1S/C19H29NO4/c1-4-5-10-15(20-13-7-6-11-16(20)19(21)22)14-9-8-12-17(23-2)18(14)24-3/h8-9,12,15-16H,4-7,10-11,13H2,1-3H3,(H,21,22). The van der Waals surface area contributed by atoms with Gasteiger partial charge in [0.05, 0.1) is 14.2 Å². The number of para-hydroxylation sites is 1. The van der Waals surface area contributed by atoms with Crippen molar-refractivity contribution in [2.45, 2.75) is 57.5 Å². The van der Waals surface area contributed by atoms with E-state index in [9.17, 15) is 9.90 Å². The lowest BCUT2D eigenvalue weighted by Crippen LogP contribution is -2.46. The number of piperidine rings is 1. The first kappa shape index (κ1) is 18.6. The Balaban J connectivity index is 2.42. The van der Waals surface area contributed by atoms with E-state index < -0.39 is 12.0 Å². The minimum absolute atomic E-state index is 0.0383. The fraction of sp³-hybridized carbons (Fsp3) is 0.632. The van der Waals surface area contributed by atoms with Gasteiger partial charge in [-0.3, -0.25) is 9.69 Å². The van der Waals surface area contributed by atoms with Crippen molar-refractivity contribution in [3.8, 4) is 11.5 Å². The summed E-state index contributed by atoms with van der Waals surface area (Å²) in [4.78, 5) is 13.9. The van der Waals surface area contributed by atoms with E-state index in [1.54, 1.807) is 14.2 Å². The molecule has 0 radical (unpaired) electrons. The van der Waals surface area contributed by atoms with Crippen LogP contribution in [0.15, 0.2) is 18.2 Å². The number of methoxy groups -OCH3 is 2. The third kappa shape index (κ3) is 4.01. The number of hydrogen-bond acceptors (Lipinski definition) is 4. The van der Waals surface area contributed by atoms with Crippen molar-refractivity contribution in [2.24, 2.45) is 0 Å². The van der Waals surface area contributed by atoms with Crippen LogP contribution < -0.4 is 9.47 Å². The first-order chi connectivity index (χ1) is 11.6. The Morgan fingerprint density at radius 2 is 2.12 bits per heavy atom. The lowest BCUT2D eigenvalue weighted by Gasteiger charge is -2.40. The molecule has 2 rings (SSSR count). The van der Waals surface area contributed by atoms with Crippen molar-refractivity contribution < 1.29 is 19.4 Å². The van der Waals surface area contributed by atoms with Crippen LogP contribution in [0.2, 0.25) is 0 Å². The zero-order valence-electron chi connectivity index (χ0n) is 15.0. The van der Waals surface area contributed by atoms with E-state index in [2.05, 4.69) is 11.8 Å². The molecule has 0 saturated carbocycles. The molecule has 2 atom stereocenters. The number of carboxylic acid groups (broad SMARTS) is 1. The lowest BCUT2D eigenvalue weighted by molar-refractivity contribution is -0.146. The molecule has 24 heavy (non-hydrogen) atoms. The predicted molar refractivity (Wildman–Crippen MR) is 93.8 cm³/mol. The van der Waals surface area contributed by atoms with Crippen LogP contribution in [0, 0.1) is 0 Å². The van der Waals surface area contributed by atoms with Crippen molar-refractivity contribution in [2.75, 3.05) is 20.8 Å². The number of ether oxygens (including phenoxy) is 2. The highest BCUT2D eigenvalue weighted by molar-refractivity contribution is 5.73. The van der Waals surface area contributed by atoms with Crippen molar-refractivity contribution >= 4 is 5.97 Å². The fourth-order valence-corrected chi connectivity index (χ4v) is 3.66. The van der Waals surface area contributed by atoms with E-state index in [0.717, 1.165) is 50.0 Å². The molecule has 1 saturated heterocycles. The van der Waals surface area contributed by atoms with Gasteiger partial charge in [0.15, 0.2) is 11.5 Å². The minimum atomic E-state index is -0.724. The van der Waals surface area contributed by atoms with Gasteiger partial charge in [-0.25, -0.2) is 0 Å². The maximum Gasteiger partial charge on any atom is 0.320 e. The number of rotatable bonds is 8. The largest absolute Gasteiger partial charge is 0.493 e. The van der Waals surface area contributed by atoms with E-state index in [1.807, 2.05) is 18.2 Å². The number of likely N-dealkylation sites (tertiary alicyclic amines) is 1. The summed E-state index contributed by atoms with van der Waals surface area (Å²) in [6.45, 7) is 2.97. The maximum absolute atomic E-state index is 11.8. The van der Waals surface area contributed by atoms with Gasteiger partial charge in [-0.1, -0.05) is 38.3 Å². The second-order valence-electron chi connectivity index (χ2n) is 6.33. The molecular weight excluding hydrogens is 306 g/mol. The van der Waals surface area contributed by atoms with Gasteiger partial charge in [0, 0.05) is 11.6 Å². The van der Waals surface area contributed by atoms with Gasteiger partial charge >= 0.3 is 5.97 Å². The average molecular weight is 335 g/mol. The topological polar surface area (TPSA) is 59.0 Å². The summed E-state index contributed by atoms with van der Waals surface area (Å²) in [7, 11) is 3.27. The summed E-state index contributed by atoms with van der Waals surface area (Å²) in [6, 6.07) is 5.49. The molecule has 0 spiro atoms. The van der Waals surface area contributed by atoms with Crippen LogP contribution >= 0.6 is 0 Å². The molecule has 1 fully saturated rings. The number of hydrogen-bond donors (Lipinski definition) is 1. The van der Waals surface area contributed by atoms with Crippen LogP contribution in [-0.2, 0) is 4.79 Å². The quantitative estimate of drug-likeness (QED) is 0.781. The van der Waals surface area contributed by atoms with Gasteiger partial charge in [0.1, 0.15) is 6.04 Å². The lowest BCUT2D eigenvalue weighted by atomic mass is 9.92. The van der Waals surface area contributed by atoms with Crippen molar-refractivity contribution in [1.29, 1.82) is 0 Å². The SMILES string of the molecule is CCCCC(c1cccc(OC)c1OC)N1CCCCC1C(=O)O. The first-order valence-corrected chi connectivity index (χ1v) is 8.83. The molecule has 2 unspecified atom stereocenters. The summed E-state index contributed by atoms with van der Waals surface area (Å²) in [5.41, 5.74) is 1.03. The molecule has 0 bridgehead atoms. The van der Waals surface area contributed by atoms with Crippen molar-refractivity contribution in [3.63, 3.8) is 0 Å². The molecule has 0 aliphatic carbocycles. The number of nitrogens with zero attached hydrogens (tertiary/aromatic N) is 1. The van der Waals surface area contributed by atoms with E-state index in [1.165, 1.54) is 0 Å². The minimum Gasteiger partial charge on any atom is -0.493 e. The van der Waals surface area contributed by atoms with E-state index in [0.29, 0.717) is 12.2 Å².